The molecule has 1 N–H and O–H groups in total. The number of ether oxygens (including phenoxy) is 1. The molecule has 0 unspecified atom stereocenters. The maximum absolute atomic E-state index is 10.8. The number of carboxylic acid groups (broad SMARTS) is 1. The van der Waals surface area contributed by atoms with Crippen LogP contribution in [0.15, 0.2) is 23.3 Å². The van der Waals surface area contributed by atoms with Crippen molar-refractivity contribution in [3.8, 4) is 0 Å². The minimum Gasteiger partial charge on any atom is -0.481 e. The molecule has 96 valence electrons. The summed E-state index contributed by atoms with van der Waals surface area (Å²) in [5.41, 5.74) is 2.30. The van der Waals surface area contributed by atoms with Gasteiger partial charge in [0, 0.05) is 0 Å². The van der Waals surface area contributed by atoms with Crippen molar-refractivity contribution in [2.75, 3.05) is 0 Å². The van der Waals surface area contributed by atoms with Crippen LogP contribution in [-0.2, 0) is 9.53 Å². The Bertz CT molecular complexity index is 341. The highest BCUT2D eigenvalue weighted by Crippen LogP contribution is 2.25. The number of carboxylic acids is 1. The highest BCUT2D eigenvalue weighted by Gasteiger charge is 2.22. The molecule has 1 rings (SSSR count). The van der Waals surface area contributed by atoms with Gasteiger partial charge in [-0.2, -0.15) is 0 Å². The van der Waals surface area contributed by atoms with Crippen molar-refractivity contribution in [3.05, 3.63) is 23.3 Å². The highest BCUT2D eigenvalue weighted by atomic mass is 16.5. The van der Waals surface area contributed by atoms with Crippen molar-refractivity contribution in [2.24, 2.45) is 5.92 Å². The first-order chi connectivity index (χ1) is 7.95. The normalized spacial score (nSPS) is 27.5. The standard InChI is InChI=1S/C14H22O3/c1-5-12-9(2)6-7-13(17-12)10(3)8-11(4)14(15)16/h6,8,11-13H,5,7H2,1-4H3,(H,15,16)/b10-8+/t11-,12+,13+/m0/s1. The number of hydrogen-bond acceptors (Lipinski definition) is 2. The van der Waals surface area contributed by atoms with E-state index in [1.807, 2.05) is 6.92 Å². The van der Waals surface area contributed by atoms with Gasteiger partial charge in [0.05, 0.1) is 18.1 Å². The first kappa shape index (κ1) is 14.0. The summed E-state index contributed by atoms with van der Waals surface area (Å²) in [6, 6.07) is 0. The fourth-order valence-corrected chi connectivity index (χ4v) is 2.07. The maximum atomic E-state index is 10.8. The molecule has 0 aliphatic carbocycles. The molecular weight excluding hydrogens is 216 g/mol. The molecule has 0 aromatic rings. The molecule has 3 heteroatoms. The van der Waals surface area contributed by atoms with E-state index in [0.717, 1.165) is 18.4 Å². The van der Waals surface area contributed by atoms with Gasteiger partial charge in [0.1, 0.15) is 0 Å². The van der Waals surface area contributed by atoms with Gasteiger partial charge in [-0.1, -0.05) is 19.1 Å². The molecule has 0 radical (unpaired) electrons. The number of hydrogen-bond donors (Lipinski definition) is 1. The van der Waals surface area contributed by atoms with E-state index < -0.39 is 11.9 Å². The Kier molecular flexibility index (Phi) is 4.94. The molecule has 0 aromatic heterocycles. The fourth-order valence-electron chi connectivity index (χ4n) is 2.07. The predicted octanol–water partition coefficient (Wildman–Crippen LogP) is 3.17. The number of aliphatic carboxylic acids is 1. The summed E-state index contributed by atoms with van der Waals surface area (Å²) in [5.74, 6) is -1.25. The molecular formula is C14H22O3. The lowest BCUT2D eigenvalue weighted by atomic mass is 9.97. The summed E-state index contributed by atoms with van der Waals surface area (Å²) in [4.78, 5) is 10.8. The Morgan fingerprint density at radius 1 is 1.71 bits per heavy atom. The van der Waals surface area contributed by atoms with Gasteiger partial charge in [0.15, 0.2) is 0 Å². The van der Waals surface area contributed by atoms with Crippen LogP contribution in [0.4, 0.5) is 0 Å². The van der Waals surface area contributed by atoms with Crippen molar-refractivity contribution in [1.29, 1.82) is 0 Å². The van der Waals surface area contributed by atoms with Crippen LogP contribution in [0.3, 0.4) is 0 Å². The molecule has 17 heavy (non-hydrogen) atoms. The largest absolute Gasteiger partial charge is 0.481 e. The first-order valence-electron chi connectivity index (χ1n) is 6.19. The van der Waals surface area contributed by atoms with Gasteiger partial charge in [0.2, 0.25) is 0 Å². The molecule has 1 aliphatic rings. The predicted molar refractivity (Wildman–Crippen MR) is 67.9 cm³/mol. The fraction of sp³-hybridized carbons (Fsp3) is 0.643. The monoisotopic (exact) mass is 238 g/mol. The topological polar surface area (TPSA) is 46.5 Å². The second-order valence-corrected chi connectivity index (χ2v) is 4.74. The Hall–Kier alpha value is -1.09. The minimum absolute atomic E-state index is 0.0328. The van der Waals surface area contributed by atoms with E-state index in [1.54, 1.807) is 13.0 Å². The highest BCUT2D eigenvalue weighted by molar-refractivity contribution is 5.71. The van der Waals surface area contributed by atoms with Crippen LogP contribution in [0.2, 0.25) is 0 Å². The summed E-state index contributed by atoms with van der Waals surface area (Å²) in [5, 5.41) is 8.87. The zero-order valence-corrected chi connectivity index (χ0v) is 11.1. The molecule has 1 heterocycles. The molecule has 0 spiro atoms. The van der Waals surface area contributed by atoms with Crippen LogP contribution in [0.1, 0.15) is 40.5 Å². The van der Waals surface area contributed by atoms with Gasteiger partial charge in [-0.05, 0) is 44.8 Å². The average molecular weight is 238 g/mol. The maximum Gasteiger partial charge on any atom is 0.310 e. The van der Waals surface area contributed by atoms with Gasteiger partial charge in [-0.3, -0.25) is 4.79 Å². The molecule has 0 saturated heterocycles. The number of carbonyl (C=O) groups is 1. The summed E-state index contributed by atoms with van der Waals surface area (Å²) in [6.07, 6.45) is 6.00. The number of rotatable bonds is 4. The van der Waals surface area contributed by atoms with E-state index in [9.17, 15) is 4.79 Å². The molecule has 0 aromatic carbocycles. The third-order valence-electron chi connectivity index (χ3n) is 3.27. The van der Waals surface area contributed by atoms with Gasteiger partial charge in [-0.15, -0.1) is 0 Å². The quantitative estimate of drug-likeness (QED) is 0.765. The summed E-state index contributed by atoms with van der Waals surface area (Å²) >= 11 is 0. The van der Waals surface area contributed by atoms with E-state index >= 15 is 0 Å². The lowest BCUT2D eigenvalue weighted by Gasteiger charge is -2.29. The average Bonchev–Trinajstić information content (AvgIpc) is 2.29. The molecule has 3 nitrogen and oxygen atoms in total. The Labute approximate surface area is 103 Å². The molecule has 0 amide bonds. The summed E-state index contributed by atoms with van der Waals surface area (Å²) < 4.78 is 5.96. The van der Waals surface area contributed by atoms with Crippen molar-refractivity contribution in [2.45, 2.75) is 52.7 Å². The van der Waals surface area contributed by atoms with Crippen LogP contribution < -0.4 is 0 Å². The molecule has 1 aliphatic heterocycles. The SMILES string of the molecule is CC[C@H]1O[C@@H](/C(C)=C/[C@H](C)C(=O)O)CC=C1C. The minimum atomic E-state index is -0.793. The van der Waals surface area contributed by atoms with Crippen molar-refractivity contribution in [3.63, 3.8) is 0 Å². The molecule has 0 saturated carbocycles. The van der Waals surface area contributed by atoms with Gasteiger partial charge in [0.25, 0.3) is 0 Å². The molecule has 3 atom stereocenters. The second-order valence-electron chi connectivity index (χ2n) is 4.74. The zero-order chi connectivity index (χ0) is 13.0. The third-order valence-corrected chi connectivity index (χ3v) is 3.27. The van der Waals surface area contributed by atoms with Crippen LogP contribution in [-0.4, -0.2) is 23.3 Å². The Morgan fingerprint density at radius 3 is 2.88 bits per heavy atom. The Morgan fingerprint density at radius 2 is 2.35 bits per heavy atom. The van der Waals surface area contributed by atoms with Crippen LogP contribution in [0.5, 0.6) is 0 Å². The Balaban J connectivity index is 2.72. The van der Waals surface area contributed by atoms with Crippen LogP contribution in [0, 0.1) is 5.92 Å². The molecule has 0 fully saturated rings. The summed E-state index contributed by atoms with van der Waals surface area (Å²) in [6.45, 7) is 7.82. The van der Waals surface area contributed by atoms with E-state index in [-0.39, 0.29) is 12.2 Å². The van der Waals surface area contributed by atoms with E-state index in [4.69, 9.17) is 9.84 Å². The smallest absolute Gasteiger partial charge is 0.310 e. The van der Waals surface area contributed by atoms with E-state index in [2.05, 4.69) is 19.9 Å². The van der Waals surface area contributed by atoms with Gasteiger partial charge in [-0.25, -0.2) is 0 Å². The van der Waals surface area contributed by atoms with Gasteiger partial charge < -0.3 is 9.84 Å². The van der Waals surface area contributed by atoms with Crippen LogP contribution in [0.25, 0.3) is 0 Å². The van der Waals surface area contributed by atoms with Crippen molar-refractivity contribution in [1.82, 2.24) is 0 Å². The lowest BCUT2D eigenvalue weighted by molar-refractivity contribution is -0.139. The van der Waals surface area contributed by atoms with Crippen molar-refractivity contribution < 1.29 is 14.6 Å². The summed E-state index contributed by atoms with van der Waals surface area (Å²) in [7, 11) is 0. The zero-order valence-electron chi connectivity index (χ0n) is 11.1. The van der Waals surface area contributed by atoms with Crippen molar-refractivity contribution >= 4 is 5.97 Å². The molecule has 0 bridgehead atoms. The lowest BCUT2D eigenvalue weighted by Crippen LogP contribution is -2.27. The van der Waals surface area contributed by atoms with Crippen LogP contribution >= 0.6 is 0 Å². The third kappa shape index (κ3) is 3.70. The first-order valence-corrected chi connectivity index (χ1v) is 6.19. The van der Waals surface area contributed by atoms with E-state index in [1.165, 1.54) is 5.57 Å². The van der Waals surface area contributed by atoms with E-state index in [0.29, 0.717) is 0 Å². The second kappa shape index (κ2) is 6.01. The van der Waals surface area contributed by atoms with Gasteiger partial charge >= 0.3 is 5.97 Å².